The van der Waals surface area contributed by atoms with Crippen LogP contribution >= 0.6 is 0 Å². The molecule has 0 radical (unpaired) electrons. The van der Waals surface area contributed by atoms with Crippen molar-refractivity contribution in [3.05, 3.63) is 12.7 Å². The Hall–Kier alpha value is -1.32. The van der Waals surface area contributed by atoms with Crippen molar-refractivity contribution in [2.24, 2.45) is 5.92 Å². The molecule has 15 heavy (non-hydrogen) atoms. The molecule has 1 heterocycles. The van der Waals surface area contributed by atoms with Crippen LogP contribution < -0.4 is 0 Å². The highest BCUT2D eigenvalue weighted by atomic mass is 16.6. The lowest BCUT2D eigenvalue weighted by Crippen LogP contribution is -2.30. The monoisotopic (exact) mass is 212 g/mol. The van der Waals surface area contributed by atoms with E-state index in [1.54, 1.807) is 6.92 Å². The third kappa shape index (κ3) is 3.38. The van der Waals surface area contributed by atoms with Crippen LogP contribution in [0.3, 0.4) is 0 Å². The summed E-state index contributed by atoms with van der Waals surface area (Å²) >= 11 is 0. The van der Waals surface area contributed by atoms with Crippen LogP contribution in [0.15, 0.2) is 12.7 Å². The SMILES string of the molecule is C=CC(=O)OC(C)C1CCCCOC1=O. The second kappa shape index (κ2) is 5.53. The van der Waals surface area contributed by atoms with E-state index in [9.17, 15) is 9.59 Å². The predicted octanol–water partition coefficient (Wildman–Crippen LogP) is 1.45. The smallest absolute Gasteiger partial charge is 0.330 e. The summed E-state index contributed by atoms with van der Waals surface area (Å²) in [6.07, 6.45) is 3.17. The maximum absolute atomic E-state index is 11.5. The zero-order valence-corrected chi connectivity index (χ0v) is 8.90. The second-order valence-electron chi connectivity index (χ2n) is 3.62. The van der Waals surface area contributed by atoms with Crippen molar-refractivity contribution in [1.29, 1.82) is 0 Å². The number of cyclic esters (lactones) is 1. The van der Waals surface area contributed by atoms with Gasteiger partial charge in [0.05, 0.1) is 12.5 Å². The van der Waals surface area contributed by atoms with Crippen LogP contribution in [0.5, 0.6) is 0 Å². The lowest BCUT2D eigenvalue weighted by Gasteiger charge is -2.19. The Morgan fingerprint density at radius 1 is 1.67 bits per heavy atom. The van der Waals surface area contributed by atoms with Gasteiger partial charge >= 0.3 is 11.9 Å². The van der Waals surface area contributed by atoms with E-state index in [0.29, 0.717) is 13.0 Å². The van der Waals surface area contributed by atoms with Crippen LogP contribution in [0.1, 0.15) is 26.2 Å². The number of ether oxygens (including phenoxy) is 2. The molecule has 4 nitrogen and oxygen atoms in total. The Morgan fingerprint density at radius 3 is 3.07 bits per heavy atom. The molecule has 0 bridgehead atoms. The minimum Gasteiger partial charge on any atom is -0.465 e. The summed E-state index contributed by atoms with van der Waals surface area (Å²) in [5.41, 5.74) is 0. The molecule has 1 aliphatic heterocycles. The Kier molecular flexibility index (Phi) is 4.34. The van der Waals surface area contributed by atoms with Gasteiger partial charge in [0, 0.05) is 6.08 Å². The van der Waals surface area contributed by atoms with Crippen molar-refractivity contribution >= 4 is 11.9 Å². The van der Waals surface area contributed by atoms with Crippen molar-refractivity contribution in [3.8, 4) is 0 Å². The Balaban J connectivity index is 2.55. The third-order valence-corrected chi connectivity index (χ3v) is 2.49. The first kappa shape index (κ1) is 11.8. The molecule has 0 aromatic rings. The molecule has 84 valence electrons. The van der Waals surface area contributed by atoms with E-state index in [0.717, 1.165) is 18.9 Å². The first-order valence-electron chi connectivity index (χ1n) is 5.15. The van der Waals surface area contributed by atoms with Crippen molar-refractivity contribution in [3.63, 3.8) is 0 Å². The Morgan fingerprint density at radius 2 is 2.40 bits per heavy atom. The molecule has 1 aliphatic rings. The van der Waals surface area contributed by atoms with Crippen molar-refractivity contribution in [2.75, 3.05) is 6.61 Å². The van der Waals surface area contributed by atoms with E-state index in [2.05, 4.69) is 6.58 Å². The summed E-state index contributed by atoms with van der Waals surface area (Å²) in [6.45, 7) is 5.48. The van der Waals surface area contributed by atoms with E-state index in [1.165, 1.54) is 0 Å². The summed E-state index contributed by atoms with van der Waals surface area (Å²) < 4.78 is 10.0. The normalized spacial score (nSPS) is 23.5. The fraction of sp³-hybridized carbons (Fsp3) is 0.636. The summed E-state index contributed by atoms with van der Waals surface area (Å²) in [5, 5.41) is 0. The van der Waals surface area contributed by atoms with Gasteiger partial charge in [-0.05, 0) is 26.2 Å². The number of rotatable bonds is 3. The zero-order chi connectivity index (χ0) is 11.3. The molecule has 4 heteroatoms. The lowest BCUT2D eigenvalue weighted by atomic mass is 9.98. The number of carbonyl (C=O) groups is 2. The second-order valence-corrected chi connectivity index (χ2v) is 3.62. The summed E-state index contributed by atoms with van der Waals surface area (Å²) in [7, 11) is 0. The first-order valence-corrected chi connectivity index (χ1v) is 5.15. The molecular weight excluding hydrogens is 196 g/mol. The average Bonchev–Trinajstić information content (AvgIpc) is 2.42. The Bertz CT molecular complexity index is 259. The number of carbonyl (C=O) groups excluding carboxylic acids is 2. The number of hydrogen-bond donors (Lipinski definition) is 0. The molecule has 0 aromatic carbocycles. The van der Waals surface area contributed by atoms with Crippen molar-refractivity contribution in [2.45, 2.75) is 32.3 Å². The molecule has 1 saturated heterocycles. The highest BCUT2D eigenvalue weighted by molar-refractivity contribution is 5.82. The van der Waals surface area contributed by atoms with Crippen molar-refractivity contribution in [1.82, 2.24) is 0 Å². The predicted molar refractivity (Wildman–Crippen MR) is 54.1 cm³/mol. The van der Waals surface area contributed by atoms with Gasteiger partial charge in [-0.3, -0.25) is 4.79 Å². The van der Waals surface area contributed by atoms with Gasteiger partial charge in [0.15, 0.2) is 0 Å². The maximum Gasteiger partial charge on any atom is 0.330 e. The van der Waals surface area contributed by atoms with Gasteiger partial charge in [-0.2, -0.15) is 0 Å². The first-order chi connectivity index (χ1) is 7.15. The largest absolute Gasteiger partial charge is 0.465 e. The minimum absolute atomic E-state index is 0.267. The highest BCUT2D eigenvalue weighted by Crippen LogP contribution is 2.21. The third-order valence-electron chi connectivity index (χ3n) is 2.49. The molecule has 0 aliphatic carbocycles. The molecule has 0 spiro atoms. The van der Waals surface area contributed by atoms with Crippen LogP contribution in [-0.4, -0.2) is 24.6 Å². The summed E-state index contributed by atoms with van der Waals surface area (Å²) in [5.74, 6) is -1.10. The maximum atomic E-state index is 11.5. The minimum atomic E-state index is -0.500. The topological polar surface area (TPSA) is 52.6 Å². The lowest BCUT2D eigenvalue weighted by molar-refractivity contribution is -0.157. The standard InChI is InChI=1S/C11H16O4/c1-3-10(12)15-8(2)9-6-4-5-7-14-11(9)13/h3,8-9H,1,4-7H2,2H3. The van der Waals surface area contributed by atoms with Crippen LogP contribution in [-0.2, 0) is 19.1 Å². The van der Waals surface area contributed by atoms with Crippen LogP contribution in [0.4, 0.5) is 0 Å². The van der Waals surface area contributed by atoms with E-state index >= 15 is 0 Å². The molecule has 0 saturated carbocycles. The average molecular weight is 212 g/mol. The number of hydrogen-bond acceptors (Lipinski definition) is 4. The van der Waals surface area contributed by atoms with Gasteiger partial charge in [-0.25, -0.2) is 4.79 Å². The van der Waals surface area contributed by atoms with E-state index < -0.39 is 12.1 Å². The van der Waals surface area contributed by atoms with Gasteiger partial charge < -0.3 is 9.47 Å². The molecule has 2 atom stereocenters. The van der Waals surface area contributed by atoms with Crippen LogP contribution in [0.2, 0.25) is 0 Å². The van der Waals surface area contributed by atoms with E-state index in [4.69, 9.17) is 9.47 Å². The molecular formula is C11H16O4. The fourth-order valence-electron chi connectivity index (χ4n) is 1.60. The number of esters is 2. The van der Waals surface area contributed by atoms with Gasteiger partial charge in [-0.1, -0.05) is 6.58 Å². The molecule has 0 N–H and O–H groups in total. The van der Waals surface area contributed by atoms with Gasteiger partial charge in [0.25, 0.3) is 0 Å². The summed E-state index contributed by atoms with van der Waals surface area (Å²) in [4.78, 5) is 22.5. The van der Waals surface area contributed by atoms with Gasteiger partial charge in [0.1, 0.15) is 6.10 Å². The molecule has 1 rings (SSSR count). The fourth-order valence-corrected chi connectivity index (χ4v) is 1.60. The molecule has 0 aromatic heterocycles. The quantitative estimate of drug-likeness (QED) is 0.525. The summed E-state index contributed by atoms with van der Waals surface area (Å²) in [6, 6.07) is 0. The van der Waals surface area contributed by atoms with Crippen molar-refractivity contribution < 1.29 is 19.1 Å². The van der Waals surface area contributed by atoms with Crippen LogP contribution in [0, 0.1) is 5.92 Å². The molecule has 0 amide bonds. The van der Waals surface area contributed by atoms with Gasteiger partial charge in [-0.15, -0.1) is 0 Å². The molecule has 2 unspecified atom stereocenters. The highest BCUT2D eigenvalue weighted by Gasteiger charge is 2.30. The van der Waals surface area contributed by atoms with E-state index in [1.807, 2.05) is 0 Å². The molecule has 1 fully saturated rings. The van der Waals surface area contributed by atoms with Gasteiger partial charge in [0.2, 0.25) is 0 Å². The van der Waals surface area contributed by atoms with Crippen LogP contribution in [0.25, 0.3) is 0 Å². The zero-order valence-electron chi connectivity index (χ0n) is 8.90. The Labute approximate surface area is 89.2 Å². The van der Waals surface area contributed by atoms with E-state index in [-0.39, 0.29) is 11.9 Å².